The van der Waals surface area contributed by atoms with E-state index in [1.165, 1.54) is 11.6 Å². The predicted molar refractivity (Wildman–Crippen MR) is 97.6 cm³/mol. The number of hydrogen-bond acceptors (Lipinski definition) is 1. The second-order valence-electron chi connectivity index (χ2n) is 4.66. The highest BCUT2D eigenvalue weighted by molar-refractivity contribution is 9.10. The van der Waals surface area contributed by atoms with Gasteiger partial charge in [-0.25, -0.2) is 0 Å². The van der Waals surface area contributed by atoms with E-state index < -0.39 is 0 Å². The molecule has 2 aromatic rings. The Balaban J connectivity index is 2.08. The van der Waals surface area contributed by atoms with Gasteiger partial charge in [0.15, 0.2) is 0 Å². The number of carbonyl (C=O) groups is 1. The van der Waals surface area contributed by atoms with Gasteiger partial charge in [-0.15, -0.1) is 0 Å². The fourth-order valence-electron chi connectivity index (χ4n) is 1.86. The van der Waals surface area contributed by atoms with Crippen LogP contribution in [0.1, 0.15) is 18.1 Å². The van der Waals surface area contributed by atoms with Crippen LogP contribution >= 0.6 is 39.1 Å². The van der Waals surface area contributed by atoms with E-state index in [0.29, 0.717) is 10.0 Å². The van der Waals surface area contributed by atoms with Crippen LogP contribution in [0.5, 0.6) is 0 Å². The van der Waals surface area contributed by atoms with E-state index in [-0.39, 0.29) is 5.91 Å². The van der Waals surface area contributed by atoms with Gasteiger partial charge in [-0.2, -0.15) is 0 Å². The number of benzene rings is 2. The highest BCUT2D eigenvalue weighted by atomic mass is 79.9. The summed E-state index contributed by atoms with van der Waals surface area (Å²) < 4.78 is 0.859. The van der Waals surface area contributed by atoms with Gasteiger partial charge in [0, 0.05) is 20.6 Å². The van der Waals surface area contributed by atoms with Gasteiger partial charge >= 0.3 is 0 Å². The normalized spacial score (nSPS) is 10.9. The van der Waals surface area contributed by atoms with Crippen LogP contribution in [0.15, 0.2) is 46.9 Å². The van der Waals surface area contributed by atoms with Gasteiger partial charge in [-0.1, -0.05) is 42.3 Å². The summed E-state index contributed by atoms with van der Waals surface area (Å²) in [6.45, 7) is 2.08. The lowest BCUT2D eigenvalue weighted by Gasteiger charge is -2.07. The van der Waals surface area contributed by atoms with Crippen molar-refractivity contribution in [3.63, 3.8) is 0 Å². The Morgan fingerprint density at radius 2 is 2.00 bits per heavy atom. The second kappa shape index (κ2) is 7.82. The minimum atomic E-state index is -0.226. The van der Waals surface area contributed by atoms with E-state index >= 15 is 0 Å². The molecule has 0 saturated carbocycles. The molecule has 2 aromatic carbocycles. The third-order valence-electron chi connectivity index (χ3n) is 3.08. The number of nitrogens with one attached hydrogen (secondary N) is 1. The van der Waals surface area contributed by atoms with E-state index in [0.717, 1.165) is 22.1 Å². The molecule has 114 valence electrons. The van der Waals surface area contributed by atoms with Crippen LogP contribution in [0.3, 0.4) is 0 Å². The summed E-state index contributed by atoms with van der Waals surface area (Å²) in [5.74, 6) is -0.226. The molecule has 0 heterocycles. The number of rotatable bonds is 4. The third kappa shape index (κ3) is 4.60. The molecule has 0 saturated heterocycles. The number of amides is 1. The van der Waals surface area contributed by atoms with Gasteiger partial charge in [-0.05, 0) is 63.8 Å². The number of carbonyl (C=O) groups excluding carboxylic acids is 1. The Labute approximate surface area is 148 Å². The smallest absolute Gasteiger partial charge is 0.248 e. The SMILES string of the molecule is CCc1ccc(NC(=O)/C=C/c2ccc(Cl)cc2Cl)c(Br)c1. The monoisotopic (exact) mass is 397 g/mol. The van der Waals surface area contributed by atoms with Crippen molar-refractivity contribution in [3.05, 3.63) is 68.1 Å². The molecule has 2 rings (SSSR count). The van der Waals surface area contributed by atoms with Crippen molar-refractivity contribution in [2.75, 3.05) is 5.32 Å². The maximum absolute atomic E-state index is 12.0. The zero-order chi connectivity index (χ0) is 16.1. The molecule has 0 aliphatic carbocycles. The van der Waals surface area contributed by atoms with Crippen molar-refractivity contribution in [2.24, 2.45) is 0 Å². The number of anilines is 1. The van der Waals surface area contributed by atoms with Gasteiger partial charge in [0.05, 0.1) is 5.69 Å². The highest BCUT2D eigenvalue weighted by Gasteiger charge is 2.04. The first-order valence-electron chi connectivity index (χ1n) is 6.72. The van der Waals surface area contributed by atoms with Crippen molar-refractivity contribution in [1.29, 1.82) is 0 Å². The van der Waals surface area contributed by atoms with Gasteiger partial charge < -0.3 is 5.32 Å². The lowest BCUT2D eigenvalue weighted by atomic mass is 10.1. The van der Waals surface area contributed by atoms with Crippen LogP contribution in [0.4, 0.5) is 5.69 Å². The predicted octanol–water partition coefficient (Wildman–Crippen LogP) is 5.97. The summed E-state index contributed by atoms with van der Waals surface area (Å²) in [7, 11) is 0. The molecule has 0 atom stereocenters. The van der Waals surface area contributed by atoms with Crippen molar-refractivity contribution in [3.8, 4) is 0 Å². The molecular weight excluding hydrogens is 385 g/mol. The summed E-state index contributed by atoms with van der Waals surface area (Å²) in [6.07, 6.45) is 4.04. The van der Waals surface area contributed by atoms with Crippen molar-refractivity contribution < 1.29 is 4.79 Å². The van der Waals surface area contributed by atoms with Crippen LogP contribution in [0, 0.1) is 0 Å². The average molecular weight is 399 g/mol. The zero-order valence-corrected chi connectivity index (χ0v) is 15.0. The molecule has 0 bridgehead atoms. The van der Waals surface area contributed by atoms with Crippen LogP contribution in [-0.2, 0) is 11.2 Å². The minimum Gasteiger partial charge on any atom is -0.321 e. The summed E-state index contributed by atoms with van der Waals surface area (Å²) >= 11 is 15.4. The van der Waals surface area contributed by atoms with Gasteiger partial charge in [0.25, 0.3) is 0 Å². The molecule has 0 unspecified atom stereocenters. The number of hydrogen-bond donors (Lipinski definition) is 1. The Morgan fingerprint density at radius 1 is 1.23 bits per heavy atom. The lowest BCUT2D eigenvalue weighted by Crippen LogP contribution is -2.08. The molecular formula is C17H14BrCl2NO. The fourth-order valence-corrected chi connectivity index (χ4v) is 2.85. The summed E-state index contributed by atoms with van der Waals surface area (Å²) in [5, 5.41) is 3.89. The Bertz CT molecular complexity index is 729. The highest BCUT2D eigenvalue weighted by Crippen LogP contribution is 2.24. The Morgan fingerprint density at radius 3 is 2.64 bits per heavy atom. The van der Waals surface area contributed by atoms with Gasteiger partial charge in [0.2, 0.25) is 5.91 Å². The zero-order valence-electron chi connectivity index (χ0n) is 11.9. The quantitative estimate of drug-likeness (QED) is 0.631. The number of halogens is 3. The molecule has 1 amide bonds. The minimum absolute atomic E-state index is 0.226. The van der Waals surface area contributed by atoms with E-state index in [2.05, 4.69) is 28.2 Å². The Hall–Kier alpha value is -1.29. The van der Waals surface area contributed by atoms with Crippen molar-refractivity contribution >= 4 is 56.8 Å². The Kier molecular flexibility index (Phi) is 6.07. The molecule has 0 spiro atoms. The van der Waals surface area contributed by atoms with Crippen molar-refractivity contribution in [1.82, 2.24) is 0 Å². The topological polar surface area (TPSA) is 29.1 Å². The third-order valence-corrected chi connectivity index (χ3v) is 4.29. The van der Waals surface area contributed by atoms with E-state index in [4.69, 9.17) is 23.2 Å². The number of aryl methyl sites for hydroxylation is 1. The van der Waals surface area contributed by atoms with E-state index in [1.54, 1.807) is 24.3 Å². The van der Waals surface area contributed by atoms with Gasteiger partial charge in [-0.3, -0.25) is 4.79 Å². The standard InChI is InChI=1S/C17H14BrCl2NO/c1-2-11-3-7-16(14(18)9-11)21-17(22)8-5-12-4-6-13(19)10-15(12)20/h3-10H,2H2,1H3,(H,21,22)/b8-5+. The first-order chi connectivity index (χ1) is 10.5. The largest absolute Gasteiger partial charge is 0.321 e. The van der Waals surface area contributed by atoms with Crippen LogP contribution in [-0.4, -0.2) is 5.91 Å². The molecule has 0 radical (unpaired) electrons. The average Bonchev–Trinajstić information content (AvgIpc) is 2.48. The molecule has 2 nitrogen and oxygen atoms in total. The van der Waals surface area contributed by atoms with Crippen LogP contribution in [0.2, 0.25) is 10.0 Å². The first kappa shape index (κ1) is 17.1. The maximum atomic E-state index is 12.0. The molecule has 5 heteroatoms. The second-order valence-corrected chi connectivity index (χ2v) is 6.35. The maximum Gasteiger partial charge on any atom is 0.248 e. The van der Waals surface area contributed by atoms with Crippen LogP contribution < -0.4 is 5.32 Å². The molecule has 0 aromatic heterocycles. The summed E-state index contributed by atoms with van der Waals surface area (Å²) in [5.41, 5.74) is 2.67. The molecule has 0 aliphatic rings. The van der Waals surface area contributed by atoms with E-state index in [1.807, 2.05) is 18.2 Å². The van der Waals surface area contributed by atoms with Crippen molar-refractivity contribution in [2.45, 2.75) is 13.3 Å². The molecule has 0 aliphatic heterocycles. The molecule has 0 fully saturated rings. The summed E-state index contributed by atoms with van der Waals surface area (Å²) in [4.78, 5) is 12.0. The molecule has 1 N–H and O–H groups in total. The van der Waals surface area contributed by atoms with Gasteiger partial charge in [0.1, 0.15) is 0 Å². The fraction of sp³-hybridized carbons (Fsp3) is 0.118. The van der Waals surface area contributed by atoms with E-state index in [9.17, 15) is 4.79 Å². The lowest BCUT2D eigenvalue weighted by molar-refractivity contribution is -0.111. The molecule has 22 heavy (non-hydrogen) atoms. The van der Waals surface area contributed by atoms with Crippen LogP contribution in [0.25, 0.3) is 6.08 Å². The summed E-state index contributed by atoms with van der Waals surface area (Å²) in [6, 6.07) is 11.0. The first-order valence-corrected chi connectivity index (χ1v) is 8.27.